The highest BCUT2D eigenvalue weighted by atomic mass is 32.1. The number of likely N-dealkylation sites (N-methyl/N-ethyl adjacent to an activating group) is 2. The van der Waals surface area contributed by atoms with Gasteiger partial charge in [0.1, 0.15) is 16.9 Å². The molecule has 244 valence electrons. The predicted molar refractivity (Wildman–Crippen MR) is 177 cm³/mol. The molecule has 1 saturated heterocycles. The number of likely N-dealkylation sites (tertiary alicyclic amines) is 1. The van der Waals surface area contributed by atoms with E-state index in [1.54, 1.807) is 21.0 Å². The first kappa shape index (κ1) is 31.1. The molecule has 3 N–H and O–H groups in total. The van der Waals surface area contributed by atoms with Gasteiger partial charge in [-0.3, -0.25) is 4.90 Å². The third-order valence-corrected chi connectivity index (χ3v) is 11.4. The first-order valence-corrected chi connectivity index (χ1v) is 17.0. The second kappa shape index (κ2) is 11.3. The molecule has 0 radical (unpaired) electrons. The highest BCUT2D eigenvalue weighted by Gasteiger charge is 2.49. The summed E-state index contributed by atoms with van der Waals surface area (Å²) in [5.74, 6) is 1.95. The Morgan fingerprint density at radius 3 is 2.78 bits per heavy atom. The Morgan fingerprint density at radius 2 is 2.07 bits per heavy atom. The number of nitrogen functional groups attached to an aromatic ring is 1. The van der Waals surface area contributed by atoms with E-state index in [-0.39, 0.29) is 18.2 Å². The van der Waals surface area contributed by atoms with Crippen LogP contribution in [0.5, 0.6) is 0 Å². The molecular weight excluding hydrogens is 602 g/mol. The van der Waals surface area contributed by atoms with E-state index in [1.165, 1.54) is 16.2 Å². The molecule has 5 heterocycles. The van der Waals surface area contributed by atoms with Crippen molar-refractivity contribution in [3.05, 3.63) is 33.5 Å². The van der Waals surface area contributed by atoms with Crippen molar-refractivity contribution < 1.29 is 14.4 Å². The largest absolute Gasteiger partial charge is 0.389 e. The molecule has 0 saturated carbocycles. The van der Waals surface area contributed by atoms with Crippen LogP contribution in [0.4, 0.5) is 10.8 Å². The molecule has 4 unspecified atom stereocenters. The van der Waals surface area contributed by atoms with Gasteiger partial charge in [-0.1, -0.05) is 5.16 Å². The lowest BCUT2D eigenvalue weighted by molar-refractivity contribution is 0.0503. The normalized spacial score (nSPS) is 23.9. The van der Waals surface area contributed by atoms with E-state index in [4.69, 9.17) is 30.1 Å². The van der Waals surface area contributed by atoms with Crippen LogP contribution in [-0.4, -0.2) is 87.0 Å². The van der Waals surface area contributed by atoms with Crippen LogP contribution in [0.25, 0.3) is 22.6 Å². The minimum atomic E-state index is -0.952. The number of aliphatic hydroxyl groups is 1. The number of hydrogen-bond acceptors (Lipinski definition) is 12. The van der Waals surface area contributed by atoms with Gasteiger partial charge in [-0.05, 0) is 78.3 Å². The van der Waals surface area contributed by atoms with Crippen LogP contribution in [0.1, 0.15) is 86.2 Å². The fourth-order valence-corrected chi connectivity index (χ4v) is 9.65. The maximum atomic E-state index is 10.7. The predicted octanol–water partition coefficient (Wildman–Crippen LogP) is 4.44. The number of nitrogens with zero attached hydrogens (tertiary/aromatic N) is 8. The Hall–Kier alpha value is -3.57. The van der Waals surface area contributed by atoms with Crippen molar-refractivity contribution in [1.82, 2.24) is 29.8 Å². The fourth-order valence-electron chi connectivity index (χ4n) is 8.49. The highest BCUT2D eigenvalue weighted by molar-refractivity contribution is 7.16. The zero-order valence-electron chi connectivity index (χ0n) is 27.5. The lowest BCUT2D eigenvalue weighted by atomic mass is 9.63. The van der Waals surface area contributed by atoms with Gasteiger partial charge in [-0.15, -0.1) is 11.3 Å². The second-order valence-electron chi connectivity index (χ2n) is 14.0. The SMILES string of the molecule is COC1CCN(C)C1C(C)n1ncc2c(N(C)CC(C)(C)O)nc(-c3noc4c3CCCC43CCCc4sc(N)c(C#N)c43)nc21. The summed E-state index contributed by atoms with van der Waals surface area (Å²) in [6.45, 7) is 7.04. The van der Waals surface area contributed by atoms with Gasteiger partial charge in [0.2, 0.25) is 0 Å². The number of thiophene rings is 1. The molecule has 0 aromatic carbocycles. The first-order chi connectivity index (χ1) is 22.0. The first-order valence-electron chi connectivity index (χ1n) is 16.2. The molecule has 7 rings (SSSR count). The number of aryl methyl sites for hydroxylation is 1. The van der Waals surface area contributed by atoms with Crippen LogP contribution in [0.2, 0.25) is 0 Å². The number of aromatic nitrogens is 5. The number of anilines is 2. The van der Waals surface area contributed by atoms with Crippen LogP contribution >= 0.6 is 11.3 Å². The van der Waals surface area contributed by atoms with Crippen LogP contribution in [0, 0.1) is 11.3 Å². The van der Waals surface area contributed by atoms with E-state index in [0.717, 1.165) is 73.8 Å². The van der Waals surface area contributed by atoms with Crippen molar-refractivity contribution in [3.8, 4) is 17.6 Å². The number of ether oxygens (including phenoxy) is 1. The van der Waals surface area contributed by atoms with Gasteiger partial charge in [0.15, 0.2) is 22.9 Å². The summed E-state index contributed by atoms with van der Waals surface area (Å²) < 4.78 is 14.2. The molecule has 4 aromatic rings. The molecule has 0 bridgehead atoms. The standard InChI is InChI=1S/C33H43N9O3S/c1-18(26-22(44-6)11-14-40(26)4)42-31-21(16-36-42)30(41(5)17-32(2,3)43)37-29(38-31)25-19-9-7-12-33(27(19)45-39-25)13-8-10-23-24(33)20(15-34)28(35)46-23/h16,18,22,26,43H,7-14,17,35H2,1-6H3. The highest BCUT2D eigenvalue weighted by Crippen LogP contribution is 2.55. The zero-order chi connectivity index (χ0) is 32.5. The van der Waals surface area contributed by atoms with Gasteiger partial charge in [0, 0.05) is 37.7 Å². The van der Waals surface area contributed by atoms with Crippen LogP contribution in [0.3, 0.4) is 0 Å². The molecule has 4 aromatic heterocycles. The van der Waals surface area contributed by atoms with Gasteiger partial charge in [-0.25, -0.2) is 14.6 Å². The van der Waals surface area contributed by atoms with Crippen molar-refractivity contribution in [2.75, 3.05) is 44.9 Å². The van der Waals surface area contributed by atoms with Crippen LogP contribution in [0.15, 0.2) is 10.7 Å². The summed E-state index contributed by atoms with van der Waals surface area (Å²) in [5.41, 5.74) is 8.92. The Bertz CT molecular complexity index is 1830. The summed E-state index contributed by atoms with van der Waals surface area (Å²) in [7, 11) is 5.83. The molecule has 0 amide bonds. The lowest BCUT2D eigenvalue weighted by Gasteiger charge is -2.39. The zero-order valence-corrected chi connectivity index (χ0v) is 28.3. The summed E-state index contributed by atoms with van der Waals surface area (Å²) in [6.07, 6.45) is 8.25. The smallest absolute Gasteiger partial charge is 0.186 e. The van der Waals surface area contributed by atoms with Crippen molar-refractivity contribution >= 4 is 33.2 Å². The van der Waals surface area contributed by atoms with Crippen LogP contribution in [-0.2, 0) is 23.0 Å². The lowest BCUT2D eigenvalue weighted by Crippen LogP contribution is -2.40. The Kier molecular flexibility index (Phi) is 7.62. The van der Waals surface area contributed by atoms with Gasteiger partial charge < -0.3 is 25.0 Å². The molecule has 4 atom stereocenters. The van der Waals surface area contributed by atoms with E-state index in [1.807, 2.05) is 22.8 Å². The van der Waals surface area contributed by atoms with E-state index < -0.39 is 11.0 Å². The average molecular weight is 646 g/mol. The van der Waals surface area contributed by atoms with Gasteiger partial charge in [0.25, 0.3) is 0 Å². The van der Waals surface area contributed by atoms with E-state index in [9.17, 15) is 10.4 Å². The van der Waals surface area contributed by atoms with Crippen molar-refractivity contribution in [1.29, 1.82) is 5.26 Å². The molecule has 1 aliphatic heterocycles. The third-order valence-electron chi connectivity index (χ3n) is 10.3. The molecule has 46 heavy (non-hydrogen) atoms. The quantitative estimate of drug-likeness (QED) is 0.293. The van der Waals surface area contributed by atoms with Gasteiger partial charge in [-0.2, -0.15) is 10.4 Å². The number of hydrogen-bond donors (Lipinski definition) is 2. The minimum Gasteiger partial charge on any atom is -0.389 e. The second-order valence-corrected chi connectivity index (χ2v) is 15.2. The fraction of sp³-hybridized carbons (Fsp3) is 0.606. The maximum absolute atomic E-state index is 10.7. The minimum absolute atomic E-state index is 0.0336. The number of methoxy groups -OCH3 is 1. The van der Waals surface area contributed by atoms with Crippen molar-refractivity contribution in [2.45, 2.75) is 94.9 Å². The number of rotatable bonds is 7. The van der Waals surface area contributed by atoms with Crippen LogP contribution < -0.4 is 10.6 Å². The van der Waals surface area contributed by atoms with E-state index in [0.29, 0.717) is 40.1 Å². The molecule has 2 aliphatic carbocycles. The van der Waals surface area contributed by atoms with Crippen molar-refractivity contribution in [3.63, 3.8) is 0 Å². The molecule has 13 heteroatoms. The maximum Gasteiger partial charge on any atom is 0.186 e. The number of nitrogens with two attached hydrogens (primary N) is 1. The van der Waals surface area contributed by atoms with Crippen molar-refractivity contribution in [2.24, 2.45) is 0 Å². The summed E-state index contributed by atoms with van der Waals surface area (Å²) in [5, 5.41) is 31.8. The summed E-state index contributed by atoms with van der Waals surface area (Å²) in [6, 6.07) is 2.49. The van der Waals surface area contributed by atoms with Gasteiger partial charge in [0.05, 0.1) is 46.4 Å². The number of nitriles is 1. The monoisotopic (exact) mass is 645 g/mol. The average Bonchev–Trinajstić information content (AvgIpc) is 3.79. The molecular formula is C33H43N9O3S. The molecule has 12 nitrogen and oxygen atoms in total. The molecule has 1 fully saturated rings. The number of fused-ring (bicyclic) bond motifs is 5. The third kappa shape index (κ3) is 4.80. The summed E-state index contributed by atoms with van der Waals surface area (Å²) >= 11 is 1.54. The van der Waals surface area contributed by atoms with E-state index in [2.05, 4.69) is 30.1 Å². The molecule has 1 spiro atoms. The summed E-state index contributed by atoms with van der Waals surface area (Å²) in [4.78, 5) is 15.7. The van der Waals surface area contributed by atoms with Gasteiger partial charge >= 0.3 is 0 Å². The topological polar surface area (TPSA) is 155 Å². The Morgan fingerprint density at radius 1 is 1.30 bits per heavy atom. The molecule has 3 aliphatic rings. The Labute approximate surface area is 273 Å². The Balaban J connectivity index is 1.39. The van der Waals surface area contributed by atoms with E-state index >= 15 is 0 Å².